The first kappa shape index (κ1) is 19.2. The average Bonchev–Trinajstić information content (AvgIpc) is 2.98. The lowest BCUT2D eigenvalue weighted by molar-refractivity contribution is -0.123. The van der Waals surface area contributed by atoms with Gasteiger partial charge < -0.3 is 14.8 Å². The van der Waals surface area contributed by atoms with Gasteiger partial charge in [-0.15, -0.1) is 0 Å². The topological polar surface area (TPSA) is 68.6 Å². The first-order chi connectivity index (χ1) is 12.9. The van der Waals surface area contributed by atoms with Gasteiger partial charge in [0.2, 0.25) is 5.91 Å². The molecule has 7 heteroatoms. The van der Waals surface area contributed by atoms with Crippen LogP contribution in [0, 0.1) is 6.92 Å². The van der Waals surface area contributed by atoms with Gasteiger partial charge in [0.15, 0.2) is 11.5 Å². The average molecular weight is 372 g/mol. The van der Waals surface area contributed by atoms with Crippen LogP contribution in [0.25, 0.3) is 0 Å². The number of fused-ring (bicyclic) bond motifs is 1. The van der Waals surface area contributed by atoms with Crippen LogP contribution in [0.5, 0.6) is 11.5 Å². The summed E-state index contributed by atoms with van der Waals surface area (Å²) in [6.07, 6.45) is 2.84. The van der Waals surface area contributed by atoms with Gasteiger partial charge >= 0.3 is 0 Å². The van der Waals surface area contributed by atoms with E-state index in [4.69, 9.17) is 9.47 Å². The molecule has 2 aromatic rings. The number of hydrogen-bond donors (Lipinski definition) is 1. The van der Waals surface area contributed by atoms with Crippen molar-refractivity contribution in [3.8, 4) is 11.5 Å². The summed E-state index contributed by atoms with van der Waals surface area (Å²) in [5.41, 5.74) is 4.43. The quantitative estimate of drug-likeness (QED) is 0.840. The Bertz CT molecular complexity index is 831. The van der Waals surface area contributed by atoms with Crippen LogP contribution in [-0.4, -0.2) is 47.9 Å². The van der Waals surface area contributed by atoms with Gasteiger partial charge in [0.25, 0.3) is 0 Å². The summed E-state index contributed by atoms with van der Waals surface area (Å²) in [6, 6.07) is 3.99. The van der Waals surface area contributed by atoms with Crippen molar-refractivity contribution in [2.24, 2.45) is 7.05 Å². The van der Waals surface area contributed by atoms with Crippen molar-refractivity contribution in [2.75, 3.05) is 27.3 Å². The highest BCUT2D eigenvalue weighted by molar-refractivity contribution is 5.78. The van der Waals surface area contributed by atoms with Crippen LogP contribution in [0.15, 0.2) is 18.3 Å². The summed E-state index contributed by atoms with van der Waals surface area (Å²) in [6.45, 7) is 5.89. The van der Waals surface area contributed by atoms with Gasteiger partial charge in [-0.25, -0.2) is 0 Å². The van der Waals surface area contributed by atoms with Gasteiger partial charge in [0.05, 0.1) is 32.5 Å². The van der Waals surface area contributed by atoms with E-state index in [0.29, 0.717) is 6.54 Å². The molecule has 1 atom stereocenters. The van der Waals surface area contributed by atoms with Gasteiger partial charge in [0, 0.05) is 31.9 Å². The Morgan fingerprint density at radius 2 is 1.93 bits per heavy atom. The lowest BCUT2D eigenvalue weighted by Gasteiger charge is -2.29. The normalized spacial score (nSPS) is 15.1. The van der Waals surface area contributed by atoms with E-state index in [-0.39, 0.29) is 11.9 Å². The number of carbonyl (C=O) groups excluding carboxylic acids is 1. The molecule has 0 aliphatic carbocycles. The molecule has 27 heavy (non-hydrogen) atoms. The van der Waals surface area contributed by atoms with E-state index in [2.05, 4.69) is 15.3 Å². The van der Waals surface area contributed by atoms with Crippen LogP contribution in [0.2, 0.25) is 0 Å². The second-order valence-electron chi connectivity index (χ2n) is 7.07. The molecule has 1 N–H and O–H groups in total. The fourth-order valence-electron chi connectivity index (χ4n) is 3.69. The van der Waals surface area contributed by atoms with Gasteiger partial charge in [-0.05, 0) is 43.5 Å². The summed E-state index contributed by atoms with van der Waals surface area (Å²) in [7, 11) is 5.18. The van der Waals surface area contributed by atoms with Gasteiger partial charge in [-0.1, -0.05) is 0 Å². The summed E-state index contributed by atoms with van der Waals surface area (Å²) >= 11 is 0. The van der Waals surface area contributed by atoms with Gasteiger partial charge in [0.1, 0.15) is 0 Å². The van der Waals surface area contributed by atoms with Crippen molar-refractivity contribution in [2.45, 2.75) is 32.9 Å². The molecule has 0 radical (unpaired) electrons. The first-order valence-electron chi connectivity index (χ1n) is 9.17. The van der Waals surface area contributed by atoms with Crippen molar-refractivity contribution in [3.05, 3.63) is 40.7 Å². The molecule has 0 spiro atoms. The lowest BCUT2D eigenvalue weighted by atomic mass is 9.99. The van der Waals surface area contributed by atoms with E-state index >= 15 is 0 Å². The molecule has 7 nitrogen and oxygen atoms in total. The maximum absolute atomic E-state index is 12.5. The fourth-order valence-corrected chi connectivity index (χ4v) is 3.69. The largest absolute Gasteiger partial charge is 0.493 e. The van der Waals surface area contributed by atoms with E-state index in [1.54, 1.807) is 18.9 Å². The van der Waals surface area contributed by atoms with E-state index < -0.39 is 0 Å². The highest BCUT2D eigenvalue weighted by Gasteiger charge is 2.22. The van der Waals surface area contributed by atoms with E-state index in [9.17, 15) is 4.79 Å². The second-order valence-corrected chi connectivity index (χ2v) is 7.07. The Morgan fingerprint density at radius 1 is 1.26 bits per heavy atom. The zero-order chi connectivity index (χ0) is 19.6. The number of aromatic nitrogens is 2. The molecule has 3 rings (SSSR count). The minimum atomic E-state index is -0.0624. The van der Waals surface area contributed by atoms with Crippen molar-refractivity contribution in [1.29, 1.82) is 0 Å². The number of benzene rings is 1. The fraction of sp³-hybridized carbons (Fsp3) is 0.500. The van der Waals surface area contributed by atoms with Crippen LogP contribution in [0.3, 0.4) is 0 Å². The third kappa shape index (κ3) is 4.24. The Morgan fingerprint density at radius 3 is 2.52 bits per heavy atom. The molecule has 0 saturated carbocycles. The molecule has 1 aliphatic heterocycles. The third-order valence-electron chi connectivity index (χ3n) is 5.06. The molecule has 1 aliphatic rings. The number of carbonyl (C=O) groups is 1. The molecular formula is C20H28N4O3. The van der Waals surface area contributed by atoms with Crippen LogP contribution in [-0.2, 0) is 24.8 Å². The van der Waals surface area contributed by atoms with Crippen molar-refractivity contribution >= 4 is 5.91 Å². The zero-order valence-electron chi connectivity index (χ0n) is 16.7. The van der Waals surface area contributed by atoms with E-state index in [0.717, 1.165) is 42.3 Å². The Kier molecular flexibility index (Phi) is 5.70. The number of methoxy groups -OCH3 is 2. The number of amides is 1. The molecule has 0 bridgehead atoms. The highest BCUT2D eigenvalue weighted by atomic mass is 16.5. The summed E-state index contributed by atoms with van der Waals surface area (Å²) in [5, 5.41) is 7.43. The van der Waals surface area contributed by atoms with Crippen LogP contribution in [0.1, 0.15) is 35.3 Å². The van der Waals surface area contributed by atoms with Crippen molar-refractivity contribution < 1.29 is 14.3 Å². The SMILES string of the molecule is COc1cc2c(cc1OC)CN(CC(=O)NC(C)c1cn(C)nc1C)CC2. The standard InChI is InChI=1S/C20H28N4O3/c1-13(17-11-23(3)22-14(17)2)21-20(25)12-24-7-6-15-8-18(26-4)19(27-5)9-16(15)10-24/h8-9,11,13H,6-7,10,12H2,1-5H3,(H,21,25). The number of rotatable bonds is 6. The predicted molar refractivity (Wildman–Crippen MR) is 103 cm³/mol. The number of ether oxygens (including phenoxy) is 2. The third-order valence-corrected chi connectivity index (χ3v) is 5.06. The monoisotopic (exact) mass is 372 g/mol. The highest BCUT2D eigenvalue weighted by Crippen LogP contribution is 2.33. The van der Waals surface area contributed by atoms with Crippen molar-refractivity contribution in [1.82, 2.24) is 20.0 Å². The minimum Gasteiger partial charge on any atom is -0.493 e. The van der Waals surface area contributed by atoms with Gasteiger partial charge in [-0.3, -0.25) is 14.4 Å². The molecule has 1 amide bonds. The van der Waals surface area contributed by atoms with Crippen molar-refractivity contribution in [3.63, 3.8) is 0 Å². The van der Waals surface area contributed by atoms with E-state index in [1.165, 1.54) is 11.1 Å². The number of hydrogen-bond acceptors (Lipinski definition) is 5. The van der Waals surface area contributed by atoms with Crippen LogP contribution in [0.4, 0.5) is 0 Å². The molecule has 1 aromatic heterocycles. The maximum atomic E-state index is 12.5. The van der Waals surface area contributed by atoms with E-state index in [1.807, 2.05) is 39.2 Å². The summed E-state index contributed by atoms with van der Waals surface area (Å²) < 4.78 is 12.6. The Labute approximate surface area is 160 Å². The first-order valence-corrected chi connectivity index (χ1v) is 9.17. The van der Waals surface area contributed by atoms with Gasteiger partial charge in [-0.2, -0.15) is 5.10 Å². The summed E-state index contributed by atoms with van der Waals surface area (Å²) in [5.74, 6) is 1.50. The smallest absolute Gasteiger partial charge is 0.234 e. The molecule has 2 heterocycles. The number of nitrogens with one attached hydrogen (secondary N) is 1. The predicted octanol–water partition coefficient (Wildman–Crippen LogP) is 1.98. The van der Waals surface area contributed by atoms with Crippen LogP contribution >= 0.6 is 0 Å². The summed E-state index contributed by atoms with van der Waals surface area (Å²) in [4.78, 5) is 14.7. The number of aryl methyl sites for hydroxylation is 2. The molecule has 146 valence electrons. The zero-order valence-corrected chi connectivity index (χ0v) is 16.7. The molecule has 1 unspecified atom stereocenters. The minimum absolute atomic E-state index is 0.0229. The molecular weight excluding hydrogens is 344 g/mol. The molecule has 0 saturated heterocycles. The Hall–Kier alpha value is -2.54. The maximum Gasteiger partial charge on any atom is 0.234 e. The second kappa shape index (κ2) is 8.00. The molecule has 1 aromatic carbocycles. The Balaban J connectivity index is 1.62. The van der Waals surface area contributed by atoms with Crippen LogP contribution < -0.4 is 14.8 Å². The lowest BCUT2D eigenvalue weighted by Crippen LogP contribution is -2.40. The molecule has 0 fully saturated rings. The number of nitrogens with zero attached hydrogens (tertiary/aromatic N) is 3.